The van der Waals surface area contributed by atoms with Crippen molar-refractivity contribution in [2.45, 2.75) is 24.8 Å². The molecule has 1 atom stereocenters. The smallest absolute Gasteiger partial charge is 0.267 e. The molecule has 5 N–H and O–H groups in total. The van der Waals surface area contributed by atoms with Crippen LogP contribution in [0, 0.1) is 6.92 Å². The van der Waals surface area contributed by atoms with Crippen molar-refractivity contribution >= 4 is 67.0 Å². The van der Waals surface area contributed by atoms with Crippen molar-refractivity contribution in [1.29, 1.82) is 0 Å². The van der Waals surface area contributed by atoms with Crippen molar-refractivity contribution in [2.75, 3.05) is 22.6 Å². The second-order valence-corrected chi connectivity index (χ2v) is 13.1. The minimum atomic E-state index is -4.34. The number of imidazole rings is 1. The number of imide groups is 1. The molecule has 0 radical (unpaired) electrons. The summed E-state index contributed by atoms with van der Waals surface area (Å²) in [5, 5.41) is 4.31. The van der Waals surface area contributed by atoms with Crippen LogP contribution in [0.5, 0.6) is 5.75 Å². The summed E-state index contributed by atoms with van der Waals surface area (Å²) in [5.41, 5.74) is 8.92. The maximum Gasteiger partial charge on any atom is 0.267 e. The Kier molecular flexibility index (Phi) is 7.71. The van der Waals surface area contributed by atoms with E-state index < -0.39 is 33.8 Å². The number of H-pyrrole nitrogens is 1. The number of pyridine rings is 1. The number of nitrogens with two attached hydrogens (primary N) is 1. The normalized spacial score (nSPS) is 13.5. The number of hydrogen-bond donors (Lipinski definition) is 4. The topological polar surface area (TPSA) is 189 Å². The number of aryl methyl sites for hydroxylation is 1. The molecule has 0 saturated carbocycles. The molecule has 1 aliphatic rings. The summed E-state index contributed by atoms with van der Waals surface area (Å²) in [4.78, 5) is 52.5. The molecular weight excluding hydrogens is 646 g/mol. The van der Waals surface area contributed by atoms with Crippen LogP contribution in [0.4, 0.5) is 17.5 Å². The molecule has 1 unspecified atom stereocenters. The average Bonchev–Trinajstić information content (AvgIpc) is 3.58. The van der Waals surface area contributed by atoms with E-state index in [0.29, 0.717) is 56.5 Å². The zero-order chi connectivity index (χ0) is 34.4. The highest BCUT2D eigenvalue weighted by atomic mass is 32.2. The van der Waals surface area contributed by atoms with Crippen LogP contribution in [0.25, 0.3) is 21.8 Å². The standard InChI is InChI=1S/C35H29N7O6S/c1-3-48-29-17-21(9-8-19(29)2)30(32(43)41-49(46,47)23-11-13-27-28(18-23)40-35(36)39-27)38-22-10-12-24-20(16-22)14-15-37-31(24)42-33(44)25-6-4-5-7-26(25)34(42)45/h4-18,30,38H,3H2,1-2H3,(H,41,43)(H3,36,39,40). The maximum absolute atomic E-state index is 13.9. The summed E-state index contributed by atoms with van der Waals surface area (Å²) in [6.07, 6.45) is 1.49. The number of ether oxygens (including phenoxy) is 1. The number of rotatable bonds is 9. The number of carbonyl (C=O) groups is 3. The Morgan fingerprint density at radius 1 is 0.980 bits per heavy atom. The van der Waals surface area contributed by atoms with Crippen molar-refractivity contribution in [3.8, 4) is 5.75 Å². The van der Waals surface area contributed by atoms with Gasteiger partial charge in [0.1, 0.15) is 11.8 Å². The quantitative estimate of drug-likeness (QED) is 0.154. The lowest BCUT2D eigenvalue weighted by atomic mass is 10.0. The molecule has 0 fully saturated rings. The van der Waals surface area contributed by atoms with Gasteiger partial charge in [0.05, 0.1) is 33.7 Å². The number of hydrogen-bond acceptors (Lipinski definition) is 10. The van der Waals surface area contributed by atoms with Crippen molar-refractivity contribution in [3.05, 3.63) is 113 Å². The lowest BCUT2D eigenvalue weighted by Crippen LogP contribution is -2.37. The molecular formula is C35H29N7O6S. The molecule has 0 aliphatic carbocycles. The first-order valence-corrected chi connectivity index (χ1v) is 16.7. The molecule has 13 nitrogen and oxygen atoms in total. The van der Waals surface area contributed by atoms with Crippen LogP contribution in [-0.2, 0) is 14.8 Å². The molecule has 2 aromatic heterocycles. The van der Waals surface area contributed by atoms with Crippen LogP contribution in [-0.4, -0.2) is 47.7 Å². The number of carbonyl (C=O) groups excluding carboxylic acids is 3. The summed E-state index contributed by atoms with van der Waals surface area (Å²) >= 11 is 0. The zero-order valence-corrected chi connectivity index (χ0v) is 27.0. The van der Waals surface area contributed by atoms with Crippen LogP contribution in [0.1, 0.15) is 44.8 Å². The number of nitrogens with one attached hydrogen (secondary N) is 3. The fourth-order valence-corrected chi connectivity index (χ4v) is 6.83. The maximum atomic E-state index is 13.9. The number of aromatic amines is 1. The molecule has 49 heavy (non-hydrogen) atoms. The molecule has 7 rings (SSSR count). The Hall–Kier alpha value is -6.28. The summed E-state index contributed by atoms with van der Waals surface area (Å²) in [7, 11) is -4.34. The highest BCUT2D eigenvalue weighted by Gasteiger charge is 2.38. The molecule has 4 aromatic carbocycles. The summed E-state index contributed by atoms with van der Waals surface area (Å²) in [5.74, 6) is -0.950. The number of fused-ring (bicyclic) bond motifs is 3. The number of amides is 3. The third kappa shape index (κ3) is 5.67. The highest BCUT2D eigenvalue weighted by Crippen LogP contribution is 2.34. The lowest BCUT2D eigenvalue weighted by Gasteiger charge is -2.22. The van der Waals surface area contributed by atoms with Gasteiger partial charge in [-0.2, -0.15) is 0 Å². The lowest BCUT2D eigenvalue weighted by molar-refractivity contribution is -0.120. The predicted octanol–water partition coefficient (Wildman–Crippen LogP) is 4.86. The fourth-order valence-electron chi connectivity index (χ4n) is 5.81. The van der Waals surface area contributed by atoms with E-state index in [1.54, 1.807) is 66.7 Å². The first-order chi connectivity index (χ1) is 23.5. The van der Waals surface area contributed by atoms with Gasteiger partial charge in [0.15, 0.2) is 11.8 Å². The first-order valence-electron chi connectivity index (χ1n) is 15.2. The largest absolute Gasteiger partial charge is 0.494 e. The molecule has 0 saturated heterocycles. The van der Waals surface area contributed by atoms with Gasteiger partial charge in [-0.05, 0) is 91.0 Å². The van der Waals surface area contributed by atoms with Crippen LogP contribution in [0.2, 0.25) is 0 Å². The Balaban J connectivity index is 1.23. The van der Waals surface area contributed by atoms with E-state index in [1.165, 1.54) is 24.4 Å². The molecule has 246 valence electrons. The van der Waals surface area contributed by atoms with Gasteiger partial charge in [-0.15, -0.1) is 0 Å². The van der Waals surface area contributed by atoms with Crippen molar-refractivity contribution < 1.29 is 27.5 Å². The van der Waals surface area contributed by atoms with E-state index in [2.05, 4.69) is 25.0 Å². The molecule has 6 aromatic rings. The first kappa shape index (κ1) is 31.3. The third-order valence-electron chi connectivity index (χ3n) is 8.18. The van der Waals surface area contributed by atoms with Crippen LogP contribution < -0.4 is 25.4 Å². The highest BCUT2D eigenvalue weighted by molar-refractivity contribution is 7.90. The number of nitrogen functional groups attached to an aromatic ring is 1. The van der Waals surface area contributed by atoms with Gasteiger partial charge in [-0.3, -0.25) is 14.4 Å². The van der Waals surface area contributed by atoms with Crippen LogP contribution in [0.3, 0.4) is 0 Å². The Morgan fingerprint density at radius 3 is 2.47 bits per heavy atom. The molecule has 3 amide bonds. The fraction of sp³-hybridized carbons (Fsp3) is 0.114. The van der Waals surface area contributed by atoms with E-state index in [9.17, 15) is 22.8 Å². The average molecular weight is 676 g/mol. The summed E-state index contributed by atoms with van der Waals surface area (Å²) in [6.45, 7) is 4.09. The SMILES string of the molecule is CCOc1cc(C(Nc2ccc3c(N4C(=O)c5ccccc5C4=O)nccc3c2)C(=O)NS(=O)(=O)c2ccc3nc(N)[nH]c3c2)ccc1C. The van der Waals surface area contributed by atoms with E-state index in [-0.39, 0.29) is 16.7 Å². The predicted molar refractivity (Wildman–Crippen MR) is 184 cm³/mol. The van der Waals surface area contributed by atoms with Crippen molar-refractivity contribution in [2.24, 2.45) is 0 Å². The number of benzene rings is 4. The van der Waals surface area contributed by atoms with E-state index in [0.717, 1.165) is 10.5 Å². The molecule has 14 heteroatoms. The monoisotopic (exact) mass is 675 g/mol. The van der Waals surface area contributed by atoms with Crippen molar-refractivity contribution in [3.63, 3.8) is 0 Å². The van der Waals surface area contributed by atoms with Gasteiger partial charge < -0.3 is 20.8 Å². The number of anilines is 3. The van der Waals surface area contributed by atoms with Gasteiger partial charge in [-0.1, -0.05) is 24.3 Å². The summed E-state index contributed by atoms with van der Waals surface area (Å²) in [6, 6.07) is 21.5. The minimum absolute atomic E-state index is 0.129. The molecule has 1 aliphatic heterocycles. The molecule has 0 bridgehead atoms. The number of nitrogens with zero attached hydrogens (tertiary/aromatic N) is 3. The van der Waals surface area contributed by atoms with Crippen molar-refractivity contribution in [1.82, 2.24) is 19.7 Å². The molecule has 3 heterocycles. The number of aromatic nitrogens is 3. The Morgan fingerprint density at radius 2 is 1.73 bits per heavy atom. The zero-order valence-electron chi connectivity index (χ0n) is 26.2. The van der Waals surface area contributed by atoms with Gasteiger partial charge >= 0.3 is 0 Å². The van der Waals surface area contributed by atoms with Gasteiger partial charge in [0, 0.05) is 17.3 Å². The number of sulfonamides is 1. The molecule has 0 spiro atoms. The third-order valence-corrected chi connectivity index (χ3v) is 9.53. The van der Waals surface area contributed by atoms with E-state index in [4.69, 9.17) is 10.5 Å². The second kappa shape index (κ2) is 12.1. The van der Waals surface area contributed by atoms with Gasteiger partial charge in [0.2, 0.25) is 0 Å². The van der Waals surface area contributed by atoms with E-state index >= 15 is 0 Å². The van der Waals surface area contributed by atoms with Gasteiger partial charge in [-0.25, -0.2) is 28.0 Å². The summed E-state index contributed by atoms with van der Waals surface area (Å²) < 4.78 is 34.9. The minimum Gasteiger partial charge on any atom is -0.494 e. The van der Waals surface area contributed by atoms with E-state index in [1.807, 2.05) is 13.8 Å². The van der Waals surface area contributed by atoms with Crippen LogP contribution in [0.15, 0.2) is 96.0 Å². The Bertz CT molecular complexity index is 2410. The van der Waals surface area contributed by atoms with Gasteiger partial charge in [0.25, 0.3) is 27.7 Å². The van der Waals surface area contributed by atoms with Crippen LogP contribution >= 0.6 is 0 Å². The second-order valence-electron chi connectivity index (χ2n) is 11.4. The Labute approximate surface area is 280 Å².